The Morgan fingerprint density at radius 1 is 1.08 bits per heavy atom. The first kappa shape index (κ1) is 16.9. The van der Waals surface area contributed by atoms with Crippen LogP contribution in [0.3, 0.4) is 0 Å². The molecule has 6 nitrogen and oxygen atoms in total. The summed E-state index contributed by atoms with van der Waals surface area (Å²) < 4.78 is 24.5. The number of benzene rings is 2. The van der Waals surface area contributed by atoms with Crippen molar-refractivity contribution in [3.05, 3.63) is 71.1 Å². The second kappa shape index (κ2) is 6.52. The van der Waals surface area contributed by atoms with E-state index < -0.39 is 15.7 Å². The maximum absolute atomic E-state index is 12.4. The first-order valence-electron chi connectivity index (χ1n) is 7.53. The number of nitrogens with zero attached hydrogens (tertiary/aromatic N) is 1. The monoisotopic (exact) mass is 356 g/mol. The minimum absolute atomic E-state index is 0.119. The Hall–Kier alpha value is -2.93. The molecule has 1 heterocycles. The molecule has 1 aromatic heterocycles. The van der Waals surface area contributed by atoms with Gasteiger partial charge in [0.2, 0.25) is 5.91 Å². The van der Waals surface area contributed by atoms with E-state index in [0.717, 1.165) is 11.6 Å². The van der Waals surface area contributed by atoms with Crippen molar-refractivity contribution >= 4 is 32.2 Å². The number of hydrogen-bond acceptors (Lipinski definition) is 4. The van der Waals surface area contributed by atoms with Crippen LogP contribution in [-0.2, 0) is 21.2 Å². The quantitative estimate of drug-likeness (QED) is 0.775. The zero-order chi connectivity index (χ0) is 18.0. The van der Waals surface area contributed by atoms with Crippen LogP contribution >= 0.6 is 0 Å². The molecule has 0 radical (unpaired) electrons. The Morgan fingerprint density at radius 3 is 2.60 bits per heavy atom. The van der Waals surface area contributed by atoms with E-state index in [9.17, 15) is 18.0 Å². The molecular weight excluding hydrogens is 340 g/mol. The highest BCUT2D eigenvalue weighted by atomic mass is 32.2. The highest BCUT2D eigenvalue weighted by Crippen LogP contribution is 2.15. The number of amides is 1. The van der Waals surface area contributed by atoms with Crippen LogP contribution in [0.15, 0.2) is 70.5 Å². The van der Waals surface area contributed by atoms with Gasteiger partial charge >= 0.3 is 0 Å². The van der Waals surface area contributed by atoms with E-state index in [-0.39, 0.29) is 17.0 Å². The lowest BCUT2D eigenvalue weighted by Gasteiger charge is -2.09. The van der Waals surface area contributed by atoms with Gasteiger partial charge in [-0.15, -0.1) is 0 Å². The van der Waals surface area contributed by atoms with Gasteiger partial charge in [-0.3, -0.25) is 9.59 Å². The van der Waals surface area contributed by atoms with Crippen molar-refractivity contribution in [2.75, 3.05) is 11.6 Å². The molecule has 25 heavy (non-hydrogen) atoms. The summed E-state index contributed by atoms with van der Waals surface area (Å²) in [4.78, 5) is 24.7. The maximum Gasteiger partial charge on any atom is 0.258 e. The minimum Gasteiger partial charge on any atom is -0.324 e. The number of carbonyl (C=O) groups excluding carboxylic acids is 1. The molecule has 3 rings (SSSR count). The van der Waals surface area contributed by atoms with E-state index in [1.165, 1.54) is 16.7 Å². The molecule has 0 aliphatic carbocycles. The molecule has 1 amide bonds. The number of aromatic nitrogens is 1. The lowest BCUT2D eigenvalue weighted by atomic mass is 10.2. The Bertz CT molecular complexity index is 1120. The third-order valence-corrected chi connectivity index (χ3v) is 4.86. The van der Waals surface area contributed by atoms with Gasteiger partial charge in [0.25, 0.3) is 5.56 Å². The van der Waals surface area contributed by atoms with Crippen molar-refractivity contribution in [1.29, 1.82) is 0 Å². The molecule has 0 saturated carbocycles. The number of sulfone groups is 1. The Morgan fingerprint density at radius 2 is 1.84 bits per heavy atom. The molecular formula is C18H16N2O4S. The summed E-state index contributed by atoms with van der Waals surface area (Å²) in [7, 11) is -3.36. The average Bonchev–Trinajstić information content (AvgIpc) is 2.57. The number of fused-ring (bicyclic) bond motifs is 1. The molecule has 0 atom stereocenters. The van der Waals surface area contributed by atoms with Crippen LogP contribution in [0, 0.1) is 0 Å². The number of anilines is 1. The average molecular weight is 356 g/mol. The van der Waals surface area contributed by atoms with Gasteiger partial charge in [0, 0.05) is 23.5 Å². The summed E-state index contributed by atoms with van der Waals surface area (Å²) in [5.41, 5.74) is 0.111. The molecule has 3 aromatic rings. The van der Waals surface area contributed by atoms with E-state index in [1.54, 1.807) is 36.5 Å². The Labute approximate surface area is 144 Å². The first-order chi connectivity index (χ1) is 11.8. The Balaban J connectivity index is 1.82. The summed E-state index contributed by atoms with van der Waals surface area (Å²) in [6, 6.07) is 14.9. The van der Waals surface area contributed by atoms with Crippen molar-refractivity contribution in [3.8, 4) is 0 Å². The smallest absolute Gasteiger partial charge is 0.258 e. The van der Waals surface area contributed by atoms with Crippen LogP contribution in [0.5, 0.6) is 0 Å². The molecule has 7 heteroatoms. The van der Waals surface area contributed by atoms with Gasteiger partial charge in [-0.1, -0.05) is 24.3 Å². The van der Waals surface area contributed by atoms with Crippen molar-refractivity contribution < 1.29 is 13.2 Å². The van der Waals surface area contributed by atoms with Crippen LogP contribution in [0.2, 0.25) is 0 Å². The lowest BCUT2D eigenvalue weighted by Crippen LogP contribution is -2.27. The standard InChI is InChI=1S/C18H16N2O4S/c1-25(23,24)15-7-4-6-14(11-15)19-17(21)12-20-10-9-13-5-2-3-8-16(13)18(20)22/h2-11H,12H2,1H3,(H,19,21). The molecule has 0 unspecified atom stereocenters. The normalized spacial score (nSPS) is 11.4. The van der Waals surface area contributed by atoms with Crippen molar-refractivity contribution in [3.63, 3.8) is 0 Å². The maximum atomic E-state index is 12.4. The number of hydrogen-bond donors (Lipinski definition) is 1. The van der Waals surface area contributed by atoms with Crippen molar-refractivity contribution in [2.24, 2.45) is 0 Å². The zero-order valence-electron chi connectivity index (χ0n) is 13.5. The molecule has 1 N–H and O–H groups in total. The van der Waals surface area contributed by atoms with Crippen LogP contribution in [0.25, 0.3) is 10.8 Å². The zero-order valence-corrected chi connectivity index (χ0v) is 14.3. The van der Waals surface area contributed by atoms with Crippen LogP contribution in [0.1, 0.15) is 0 Å². The topological polar surface area (TPSA) is 85.2 Å². The lowest BCUT2D eigenvalue weighted by molar-refractivity contribution is -0.116. The van der Waals surface area contributed by atoms with Crippen LogP contribution < -0.4 is 10.9 Å². The molecule has 128 valence electrons. The van der Waals surface area contributed by atoms with Gasteiger partial charge in [0.05, 0.1) is 4.90 Å². The fourth-order valence-electron chi connectivity index (χ4n) is 2.51. The van der Waals surface area contributed by atoms with Crippen molar-refractivity contribution in [2.45, 2.75) is 11.4 Å². The van der Waals surface area contributed by atoms with Gasteiger partial charge in [0.15, 0.2) is 9.84 Å². The van der Waals surface area contributed by atoms with E-state index in [1.807, 2.05) is 12.1 Å². The summed E-state index contributed by atoms with van der Waals surface area (Å²) in [5, 5.41) is 3.96. The van der Waals surface area contributed by atoms with Gasteiger partial charge in [-0.25, -0.2) is 8.42 Å². The van der Waals surface area contributed by atoms with E-state index in [4.69, 9.17) is 0 Å². The molecule has 0 spiro atoms. The number of rotatable bonds is 4. The molecule has 0 saturated heterocycles. The molecule has 0 aliphatic heterocycles. The Kier molecular flexibility index (Phi) is 4.41. The summed E-state index contributed by atoms with van der Waals surface area (Å²) in [6.07, 6.45) is 2.67. The van der Waals surface area contributed by atoms with E-state index in [0.29, 0.717) is 11.1 Å². The van der Waals surface area contributed by atoms with E-state index >= 15 is 0 Å². The van der Waals surface area contributed by atoms with Gasteiger partial charge in [-0.2, -0.15) is 0 Å². The van der Waals surface area contributed by atoms with Crippen LogP contribution in [-0.4, -0.2) is 25.1 Å². The fraction of sp³-hybridized carbons (Fsp3) is 0.111. The van der Waals surface area contributed by atoms with Gasteiger partial charge in [0.1, 0.15) is 6.54 Å². The third kappa shape index (κ3) is 3.77. The SMILES string of the molecule is CS(=O)(=O)c1cccc(NC(=O)Cn2ccc3ccccc3c2=O)c1. The van der Waals surface area contributed by atoms with Crippen LogP contribution in [0.4, 0.5) is 5.69 Å². The van der Waals surface area contributed by atoms with Gasteiger partial charge < -0.3 is 9.88 Å². The predicted molar refractivity (Wildman–Crippen MR) is 96.4 cm³/mol. The van der Waals surface area contributed by atoms with Crippen molar-refractivity contribution in [1.82, 2.24) is 4.57 Å². The number of carbonyl (C=O) groups is 1. The fourth-order valence-corrected chi connectivity index (χ4v) is 3.18. The largest absolute Gasteiger partial charge is 0.324 e. The molecule has 0 aliphatic rings. The molecule has 2 aromatic carbocycles. The summed E-state index contributed by atoms with van der Waals surface area (Å²) in [5.74, 6) is -0.414. The second-order valence-electron chi connectivity index (χ2n) is 5.68. The summed E-state index contributed by atoms with van der Waals surface area (Å²) >= 11 is 0. The predicted octanol–water partition coefficient (Wildman–Crippen LogP) is 2.04. The highest BCUT2D eigenvalue weighted by molar-refractivity contribution is 7.90. The number of nitrogens with one attached hydrogen (secondary N) is 1. The van der Waals surface area contributed by atoms with E-state index in [2.05, 4.69) is 5.32 Å². The minimum atomic E-state index is -3.36. The third-order valence-electron chi connectivity index (χ3n) is 3.75. The number of pyridine rings is 1. The highest BCUT2D eigenvalue weighted by Gasteiger charge is 2.10. The second-order valence-corrected chi connectivity index (χ2v) is 7.70. The molecule has 0 fully saturated rings. The first-order valence-corrected chi connectivity index (χ1v) is 9.42. The molecule has 0 bridgehead atoms. The summed E-state index contributed by atoms with van der Waals surface area (Å²) in [6.45, 7) is -0.160. The van der Waals surface area contributed by atoms with Gasteiger partial charge in [-0.05, 0) is 35.7 Å².